The van der Waals surface area contributed by atoms with Crippen molar-refractivity contribution in [3.8, 4) is 0 Å². The monoisotopic (exact) mass is 338 g/mol. The molecule has 0 atom stereocenters. The molecule has 0 radical (unpaired) electrons. The topological polar surface area (TPSA) is 48.9 Å². The number of nitrogens with zero attached hydrogens (tertiary/aromatic N) is 4. The van der Waals surface area contributed by atoms with Crippen molar-refractivity contribution < 1.29 is 9.53 Å². The van der Waals surface area contributed by atoms with Crippen molar-refractivity contribution in [1.82, 2.24) is 19.7 Å². The fourth-order valence-electron chi connectivity index (χ4n) is 3.08. The number of ether oxygens (including phenoxy) is 1. The summed E-state index contributed by atoms with van der Waals surface area (Å²) < 4.78 is 5.38. The summed E-state index contributed by atoms with van der Waals surface area (Å²) in [6.45, 7) is 13.1. The van der Waals surface area contributed by atoms with Gasteiger partial charge in [-0.3, -0.25) is 9.69 Å². The van der Waals surface area contributed by atoms with Gasteiger partial charge in [-0.2, -0.15) is 0 Å². The highest BCUT2D eigenvalue weighted by Gasteiger charge is 2.25. The molecule has 0 spiro atoms. The van der Waals surface area contributed by atoms with E-state index < -0.39 is 0 Å². The number of thiazole rings is 1. The number of aryl methyl sites for hydroxylation is 1. The molecule has 6 nitrogen and oxygen atoms in total. The number of hydrogen-bond donors (Lipinski definition) is 0. The number of piperazine rings is 1. The molecule has 2 saturated heterocycles. The quantitative estimate of drug-likeness (QED) is 0.822. The van der Waals surface area contributed by atoms with Gasteiger partial charge in [-0.15, -0.1) is 11.3 Å². The molecule has 0 unspecified atom stereocenters. The Morgan fingerprint density at radius 3 is 2.48 bits per heavy atom. The lowest BCUT2D eigenvalue weighted by Gasteiger charge is -2.33. The van der Waals surface area contributed by atoms with Crippen molar-refractivity contribution in [2.24, 2.45) is 0 Å². The van der Waals surface area contributed by atoms with Crippen molar-refractivity contribution in [2.75, 3.05) is 59.0 Å². The molecule has 2 fully saturated rings. The fourth-order valence-corrected chi connectivity index (χ4v) is 4.15. The minimum atomic E-state index is 0.156. The number of morpholine rings is 1. The Balaban J connectivity index is 1.62. The highest BCUT2D eigenvalue weighted by molar-refractivity contribution is 7.13. The minimum absolute atomic E-state index is 0.156. The number of carbonyl (C=O) groups excluding carboxylic acids is 1. The second kappa shape index (κ2) is 7.70. The molecule has 0 bridgehead atoms. The van der Waals surface area contributed by atoms with E-state index in [1.54, 1.807) is 11.3 Å². The van der Waals surface area contributed by atoms with Crippen molar-refractivity contribution in [1.29, 1.82) is 0 Å². The maximum Gasteiger partial charge on any atom is 0.265 e. The van der Waals surface area contributed by atoms with Crippen LogP contribution in [-0.2, 0) is 11.3 Å². The number of likely N-dealkylation sites (N-methyl/N-ethyl adjacent to an activating group) is 1. The maximum atomic E-state index is 12.8. The number of aromatic nitrogens is 1. The third-order valence-corrected chi connectivity index (χ3v) is 5.73. The van der Waals surface area contributed by atoms with Crippen molar-refractivity contribution in [3.63, 3.8) is 0 Å². The SMILES string of the molecule is CCN1CCN(C(=O)c2sc(CN3CCOCC3)nc2C)CC1. The van der Waals surface area contributed by atoms with E-state index in [0.717, 1.165) is 81.2 Å². The van der Waals surface area contributed by atoms with E-state index in [-0.39, 0.29) is 5.91 Å². The van der Waals surface area contributed by atoms with Gasteiger partial charge in [-0.1, -0.05) is 6.92 Å². The number of rotatable bonds is 4. The van der Waals surface area contributed by atoms with Crippen LogP contribution in [-0.4, -0.2) is 84.6 Å². The second-order valence-electron chi connectivity index (χ2n) is 6.14. The molecular weight excluding hydrogens is 312 g/mol. The van der Waals surface area contributed by atoms with Gasteiger partial charge in [0.25, 0.3) is 5.91 Å². The van der Waals surface area contributed by atoms with Gasteiger partial charge in [0, 0.05) is 39.3 Å². The second-order valence-corrected chi connectivity index (χ2v) is 7.22. The molecule has 0 saturated carbocycles. The Bertz CT molecular complexity index is 534. The van der Waals surface area contributed by atoms with E-state index in [4.69, 9.17) is 4.74 Å². The van der Waals surface area contributed by atoms with E-state index in [0.29, 0.717) is 0 Å². The molecule has 0 N–H and O–H groups in total. The molecule has 3 rings (SSSR count). The molecule has 1 aromatic heterocycles. The molecule has 0 aromatic carbocycles. The summed E-state index contributed by atoms with van der Waals surface area (Å²) in [5.74, 6) is 0.156. The Hall–Kier alpha value is -1.02. The van der Waals surface area contributed by atoms with Crippen LogP contribution in [0, 0.1) is 6.92 Å². The van der Waals surface area contributed by atoms with Crippen LogP contribution in [0.3, 0.4) is 0 Å². The zero-order valence-electron chi connectivity index (χ0n) is 14.1. The van der Waals surface area contributed by atoms with Crippen LogP contribution in [0.5, 0.6) is 0 Å². The first-order chi connectivity index (χ1) is 11.2. The van der Waals surface area contributed by atoms with Crippen molar-refractivity contribution in [2.45, 2.75) is 20.4 Å². The van der Waals surface area contributed by atoms with E-state index in [1.165, 1.54) is 0 Å². The highest BCUT2D eigenvalue weighted by Crippen LogP contribution is 2.22. The van der Waals surface area contributed by atoms with Crippen LogP contribution in [0.25, 0.3) is 0 Å². The molecule has 128 valence electrons. The molecule has 23 heavy (non-hydrogen) atoms. The third-order valence-electron chi connectivity index (χ3n) is 4.60. The molecule has 2 aliphatic heterocycles. The van der Waals surface area contributed by atoms with Gasteiger partial charge in [0.1, 0.15) is 9.88 Å². The lowest BCUT2D eigenvalue weighted by molar-refractivity contribution is 0.0341. The molecule has 0 aliphatic carbocycles. The van der Waals surface area contributed by atoms with Gasteiger partial charge in [0.05, 0.1) is 25.5 Å². The molecule has 1 amide bonds. The predicted octanol–water partition coefficient (Wildman–Crippen LogP) is 1.06. The molecule has 1 aromatic rings. The largest absolute Gasteiger partial charge is 0.379 e. The summed E-state index contributed by atoms with van der Waals surface area (Å²) in [6.07, 6.45) is 0. The van der Waals surface area contributed by atoms with Crippen molar-refractivity contribution >= 4 is 17.2 Å². The lowest BCUT2D eigenvalue weighted by Crippen LogP contribution is -2.48. The summed E-state index contributed by atoms with van der Waals surface area (Å²) in [6, 6.07) is 0. The average molecular weight is 338 g/mol. The number of carbonyl (C=O) groups is 1. The fraction of sp³-hybridized carbons (Fsp3) is 0.750. The zero-order valence-corrected chi connectivity index (χ0v) is 14.9. The van der Waals surface area contributed by atoms with E-state index in [2.05, 4.69) is 21.7 Å². The van der Waals surface area contributed by atoms with Crippen LogP contribution in [0.1, 0.15) is 27.3 Å². The number of hydrogen-bond acceptors (Lipinski definition) is 6. The summed E-state index contributed by atoms with van der Waals surface area (Å²) in [5.41, 5.74) is 0.876. The minimum Gasteiger partial charge on any atom is -0.379 e. The van der Waals surface area contributed by atoms with Gasteiger partial charge in [0.15, 0.2) is 0 Å². The van der Waals surface area contributed by atoms with Gasteiger partial charge >= 0.3 is 0 Å². The summed E-state index contributed by atoms with van der Waals surface area (Å²) in [7, 11) is 0. The first kappa shape index (κ1) is 16.8. The summed E-state index contributed by atoms with van der Waals surface area (Å²) >= 11 is 1.56. The Morgan fingerprint density at radius 2 is 1.83 bits per heavy atom. The van der Waals surface area contributed by atoms with Crippen molar-refractivity contribution in [3.05, 3.63) is 15.6 Å². The Kier molecular flexibility index (Phi) is 5.63. The van der Waals surface area contributed by atoms with E-state index >= 15 is 0 Å². The van der Waals surface area contributed by atoms with Crippen LogP contribution in [0.2, 0.25) is 0 Å². The highest BCUT2D eigenvalue weighted by atomic mass is 32.1. The first-order valence-electron chi connectivity index (χ1n) is 8.45. The standard InChI is InChI=1S/C16H26N4O2S/c1-3-18-4-6-20(7-5-18)16(21)15-13(2)17-14(23-15)12-19-8-10-22-11-9-19/h3-12H2,1-2H3. The lowest BCUT2D eigenvalue weighted by atomic mass is 10.2. The molecule has 2 aliphatic rings. The summed E-state index contributed by atoms with van der Waals surface area (Å²) in [5, 5.41) is 1.04. The predicted molar refractivity (Wildman–Crippen MR) is 91.0 cm³/mol. The normalized spacial score (nSPS) is 20.9. The van der Waals surface area contributed by atoms with Gasteiger partial charge < -0.3 is 14.5 Å². The van der Waals surface area contributed by atoms with Crippen LogP contribution in [0.4, 0.5) is 0 Å². The smallest absolute Gasteiger partial charge is 0.265 e. The van der Waals surface area contributed by atoms with Gasteiger partial charge in [-0.25, -0.2) is 4.98 Å². The Labute approximate surface area is 142 Å². The van der Waals surface area contributed by atoms with Crippen LogP contribution < -0.4 is 0 Å². The molecule has 3 heterocycles. The zero-order chi connectivity index (χ0) is 16.2. The number of amides is 1. The molecule has 7 heteroatoms. The van der Waals surface area contributed by atoms with E-state index in [9.17, 15) is 4.79 Å². The van der Waals surface area contributed by atoms with E-state index in [1.807, 2.05) is 11.8 Å². The van der Waals surface area contributed by atoms with Crippen LogP contribution >= 0.6 is 11.3 Å². The Morgan fingerprint density at radius 1 is 1.13 bits per heavy atom. The van der Waals surface area contributed by atoms with Gasteiger partial charge in [0.2, 0.25) is 0 Å². The summed E-state index contributed by atoms with van der Waals surface area (Å²) in [4.78, 5) is 24.9. The maximum absolute atomic E-state index is 12.8. The van der Waals surface area contributed by atoms with Gasteiger partial charge in [-0.05, 0) is 13.5 Å². The molecular formula is C16H26N4O2S. The van der Waals surface area contributed by atoms with Crippen LogP contribution in [0.15, 0.2) is 0 Å². The average Bonchev–Trinajstić information content (AvgIpc) is 2.95. The third kappa shape index (κ3) is 4.09. The first-order valence-corrected chi connectivity index (χ1v) is 9.27.